The molecular weight excluding hydrogens is 270 g/mol. The smallest absolute Gasteiger partial charge is 0.230 e. The number of carbonyl (C=O) groups excluding carboxylic acids is 1. The summed E-state index contributed by atoms with van der Waals surface area (Å²) in [6.07, 6.45) is 3.05. The van der Waals surface area contributed by atoms with Gasteiger partial charge in [-0.15, -0.1) is 11.8 Å². The van der Waals surface area contributed by atoms with Crippen molar-refractivity contribution in [1.82, 2.24) is 5.32 Å². The summed E-state index contributed by atoms with van der Waals surface area (Å²) in [5.41, 5.74) is 2.62. The Morgan fingerprint density at radius 2 is 2.15 bits per heavy atom. The number of aliphatic hydroxyl groups is 1. The van der Waals surface area contributed by atoms with Crippen LogP contribution in [0.25, 0.3) is 0 Å². The van der Waals surface area contributed by atoms with Gasteiger partial charge in [0.1, 0.15) is 0 Å². The summed E-state index contributed by atoms with van der Waals surface area (Å²) in [6, 6.07) is 6.31. The molecule has 1 aliphatic carbocycles. The van der Waals surface area contributed by atoms with Crippen LogP contribution in [0.4, 0.5) is 0 Å². The van der Waals surface area contributed by atoms with Crippen molar-refractivity contribution in [3.05, 3.63) is 29.3 Å². The molecule has 0 atom stereocenters. The van der Waals surface area contributed by atoms with Crippen molar-refractivity contribution in [2.75, 3.05) is 18.9 Å². The number of hydrogen-bond acceptors (Lipinski definition) is 3. The number of carbonyl (C=O) groups is 1. The Kier molecular flexibility index (Phi) is 5.11. The Bertz CT molecular complexity index is 483. The number of amides is 1. The Hall–Kier alpha value is -1.00. The number of hydrogen-bond donors (Lipinski definition) is 2. The van der Waals surface area contributed by atoms with Crippen LogP contribution in [0.3, 0.4) is 0 Å². The van der Waals surface area contributed by atoms with Crippen molar-refractivity contribution in [1.29, 1.82) is 0 Å². The van der Waals surface area contributed by atoms with E-state index < -0.39 is 0 Å². The third kappa shape index (κ3) is 4.25. The zero-order valence-corrected chi connectivity index (χ0v) is 13.1. The molecule has 4 heteroatoms. The second-order valence-corrected chi connectivity index (χ2v) is 6.83. The molecular formula is C16H23NO2S. The van der Waals surface area contributed by atoms with E-state index >= 15 is 0 Å². The summed E-state index contributed by atoms with van der Waals surface area (Å²) in [4.78, 5) is 13.1. The van der Waals surface area contributed by atoms with Gasteiger partial charge in [0.2, 0.25) is 5.91 Å². The maximum Gasteiger partial charge on any atom is 0.230 e. The lowest BCUT2D eigenvalue weighted by Gasteiger charge is -2.14. The highest BCUT2D eigenvalue weighted by molar-refractivity contribution is 8.00. The number of thioether (sulfide) groups is 1. The zero-order valence-electron chi connectivity index (χ0n) is 12.2. The Balaban J connectivity index is 1.76. The molecule has 20 heavy (non-hydrogen) atoms. The van der Waals surface area contributed by atoms with Crippen LogP contribution < -0.4 is 5.32 Å². The first-order valence-electron chi connectivity index (χ1n) is 7.12. The number of rotatable bonds is 7. The van der Waals surface area contributed by atoms with Gasteiger partial charge < -0.3 is 10.4 Å². The fourth-order valence-corrected chi connectivity index (χ4v) is 3.23. The van der Waals surface area contributed by atoms with Gasteiger partial charge in [-0.25, -0.2) is 0 Å². The third-order valence-electron chi connectivity index (χ3n) is 3.96. The van der Waals surface area contributed by atoms with Gasteiger partial charge in [0.15, 0.2) is 0 Å². The highest BCUT2D eigenvalue weighted by Gasteiger charge is 2.41. The maximum atomic E-state index is 11.9. The van der Waals surface area contributed by atoms with Crippen molar-refractivity contribution in [2.45, 2.75) is 38.0 Å². The lowest BCUT2D eigenvalue weighted by Crippen LogP contribution is -2.31. The molecule has 0 aliphatic heterocycles. The normalized spacial score (nSPS) is 15.9. The first kappa shape index (κ1) is 15.4. The minimum Gasteiger partial charge on any atom is -0.396 e. The van der Waals surface area contributed by atoms with E-state index in [-0.39, 0.29) is 17.9 Å². The van der Waals surface area contributed by atoms with Gasteiger partial charge in [-0.3, -0.25) is 4.79 Å². The molecule has 1 amide bonds. The molecule has 3 nitrogen and oxygen atoms in total. The van der Waals surface area contributed by atoms with Crippen molar-refractivity contribution in [3.63, 3.8) is 0 Å². The third-order valence-corrected chi connectivity index (χ3v) is 5.12. The van der Waals surface area contributed by atoms with E-state index in [4.69, 9.17) is 5.11 Å². The standard InChI is InChI=1S/C16H23NO2S/c1-12-3-4-13(2)14(9-12)20-10-15(19)17-11-16(5-6-16)7-8-18/h3-4,9,18H,5-8,10-11H2,1-2H3,(H,17,19). The van der Waals surface area contributed by atoms with Crippen LogP contribution in [-0.4, -0.2) is 29.9 Å². The average molecular weight is 293 g/mol. The number of aliphatic hydroxyl groups excluding tert-OH is 1. The quantitative estimate of drug-likeness (QED) is 0.760. The summed E-state index contributed by atoms with van der Waals surface area (Å²) >= 11 is 1.59. The lowest BCUT2D eigenvalue weighted by atomic mass is 10.0. The topological polar surface area (TPSA) is 49.3 Å². The van der Waals surface area contributed by atoms with Crippen molar-refractivity contribution < 1.29 is 9.90 Å². The predicted octanol–water partition coefficient (Wildman–Crippen LogP) is 2.67. The molecule has 1 saturated carbocycles. The summed E-state index contributed by atoms with van der Waals surface area (Å²) in [5, 5.41) is 12.0. The monoisotopic (exact) mass is 293 g/mol. The highest BCUT2D eigenvalue weighted by atomic mass is 32.2. The van der Waals surface area contributed by atoms with E-state index in [0.717, 1.165) is 19.3 Å². The minimum absolute atomic E-state index is 0.0834. The van der Waals surface area contributed by atoms with Crippen molar-refractivity contribution in [2.24, 2.45) is 5.41 Å². The van der Waals surface area contributed by atoms with Crippen LogP contribution in [-0.2, 0) is 4.79 Å². The Morgan fingerprint density at radius 3 is 2.80 bits per heavy atom. The fourth-order valence-electron chi connectivity index (χ4n) is 2.27. The summed E-state index contributed by atoms with van der Waals surface area (Å²) in [7, 11) is 0. The van der Waals surface area contributed by atoms with Gasteiger partial charge in [0.25, 0.3) is 0 Å². The molecule has 0 bridgehead atoms. The van der Waals surface area contributed by atoms with Crippen molar-refractivity contribution in [3.8, 4) is 0 Å². The van der Waals surface area contributed by atoms with Crippen LogP contribution in [0.2, 0.25) is 0 Å². The van der Waals surface area contributed by atoms with E-state index in [1.165, 1.54) is 16.0 Å². The van der Waals surface area contributed by atoms with Crippen LogP contribution in [0.5, 0.6) is 0 Å². The number of benzene rings is 1. The molecule has 0 unspecified atom stereocenters. The number of aryl methyl sites for hydroxylation is 2. The second-order valence-electron chi connectivity index (χ2n) is 5.81. The molecule has 0 saturated heterocycles. The van der Waals surface area contributed by atoms with Crippen LogP contribution >= 0.6 is 11.8 Å². The SMILES string of the molecule is Cc1ccc(C)c(SCC(=O)NCC2(CCO)CC2)c1. The van der Waals surface area contributed by atoms with Gasteiger partial charge in [-0.2, -0.15) is 0 Å². The maximum absolute atomic E-state index is 11.9. The molecule has 1 aromatic rings. The van der Waals surface area contributed by atoms with E-state index in [2.05, 4.69) is 37.4 Å². The number of nitrogens with one attached hydrogen (secondary N) is 1. The molecule has 0 heterocycles. The van der Waals surface area contributed by atoms with Crippen LogP contribution in [0.15, 0.2) is 23.1 Å². The van der Waals surface area contributed by atoms with Gasteiger partial charge in [0.05, 0.1) is 5.75 Å². The summed E-state index contributed by atoms with van der Waals surface area (Å²) in [6.45, 7) is 5.06. The first-order chi connectivity index (χ1) is 9.54. The molecule has 1 aromatic carbocycles. The van der Waals surface area contributed by atoms with Gasteiger partial charge in [-0.05, 0) is 50.2 Å². The van der Waals surface area contributed by atoms with Gasteiger partial charge >= 0.3 is 0 Å². The summed E-state index contributed by atoms with van der Waals surface area (Å²) < 4.78 is 0. The fraction of sp³-hybridized carbons (Fsp3) is 0.562. The zero-order chi connectivity index (χ0) is 14.6. The van der Waals surface area contributed by atoms with Crippen LogP contribution in [0.1, 0.15) is 30.4 Å². The van der Waals surface area contributed by atoms with E-state index in [9.17, 15) is 4.79 Å². The molecule has 2 N–H and O–H groups in total. The minimum atomic E-state index is 0.0834. The van der Waals surface area contributed by atoms with Gasteiger partial charge in [0, 0.05) is 18.0 Å². The summed E-state index contributed by atoms with van der Waals surface area (Å²) in [5.74, 6) is 0.541. The van der Waals surface area contributed by atoms with E-state index in [1.54, 1.807) is 11.8 Å². The van der Waals surface area contributed by atoms with E-state index in [1.807, 2.05) is 0 Å². The van der Waals surface area contributed by atoms with Gasteiger partial charge in [-0.1, -0.05) is 17.7 Å². The van der Waals surface area contributed by atoms with Crippen LogP contribution in [0, 0.1) is 19.3 Å². The van der Waals surface area contributed by atoms with Crippen molar-refractivity contribution >= 4 is 17.7 Å². The highest BCUT2D eigenvalue weighted by Crippen LogP contribution is 2.47. The van der Waals surface area contributed by atoms with E-state index in [0.29, 0.717) is 12.3 Å². The Labute approximate surface area is 125 Å². The molecule has 0 spiro atoms. The predicted molar refractivity (Wildman–Crippen MR) is 83.0 cm³/mol. The largest absolute Gasteiger partial charge is 0.396 e. The Morgan fingerprint density at radius 1 is 1.40 bits per heavy atom. The molecule has 1 fully saturated rings. The molecule has 0 radical (unpaired) electrons. The molecule has 1 aliphatic rings. The second kappa shape index (κ2) is 6.64. The molecule has 0 aromatic heterocycles. The average Bonchev–Trinajstić information content (AvgIpc) is 3.18. The molecule has 110 valence electrons. The molecule has 2 rings (SSSR count). The first-order valence-corrected chi connectivity index (χ1v) is 8.11. The lowest BCUT2D eigenvalue weighted by molar-refractivity contribution is -0.118.